The monoisotopic (exact) mass is 1550 g/mol. The van der Waals surface area contributed by atoms with Gasteiger partial charge in [-0.1, -0.05) is 234 Å². The van der Waals surface area contributed by atoms with Crippen molar-refractivity contribution in [1.29, 1.82) is 0 Å². The summed E-state index contributed by atoms with van der Waals surface area (Å²) in [5.74, 6) is -7.03. The van der Waals surface area contributed by atoms with E-state index < -0.39 is 84.6 Å². The number of carbonyl (C=O) groups excluding carboxylic acids is 8. The fraction of sp³-hybridized carbons (Fsp3) is 0.481. The van der Waals surface area contributed by atoms with Crippen LogP contribution in [0.5, 0.6) is 0 Å². The van der Waals surface area contributed by atoms with Gasteiger partial charge in [0.05, 0.1) is 48.8 Å². The van der Waals surface area contributed by atoms with Gasteiger partial charge in [0, 0.05) is 55.5 Å². The van der Waals surface area contributed by atoms with Gasteiger partial charge in [0.1, 0.15) is 19.6 Å². The molecule has 0 aliphatic carbocycles. The van der Waals surface area contributed by atoms with E-state index in [1.807, 2.05) is 67.7 Å². The van der Waals surface area contributed by atoms with E-state index in [1.165, 1.54) is 12.2 Å². The maximum atomic E-state index is 10.4. The number of aliphatic hydroxyl groups excluding tert-OH is 8. The molecule has 0 spiro atoms. The molecule has 592 valence electrons. The number of aliphatic hydroxyl groups is 8. The summed E-state index contributed by atoms with van der Waals surface area (Å²) in [4.78, 5) is 91.1. The largest absolute Gasteiger partial charge is 1.00 e. The van der Waals surface area contributed by atoms with Crippen LogP contribution in [0.25, 0.3) is 0 Å². The van der Waals surface area contributed by atoms with Crippen LogP contribution in [0.3, 0.4) is 0 Å². The van der Waals surface area contributed by atoms with Gasteiger partial charge in [-0.15, -0.1) is 0 Å². The third kappa shape index (κ3) is 111. The first-order valence-corrected chi connectivity index (χ1v) is 35.2. The Bertz CT molecular complexity index is 2730. The van der Waals surface area contributed by atoms with Gasteiger partial charge in [0.2, 0.25) is 0 Å². The second-order valence-electron chi connectivity index (χ2n) is 22.6. The van der Waals surface area contributed by atoms with Crippen molar-refractivity contribution < 1.29 is 221 Å². The minimum atomic E-state index is -1.18. The smallest absolute Gasteiger partial charge is 0.550 e. The number of rotatable bonds is 54. The van der Waals surface area contributed by atoms with Crippen LogP contribution in [0.15, 0.2) is 194 Å². The molecule has 0 aromatic rings. The Balaban J connectivity index is -0.000000164. The topological polar surface area (TPSA) is 534 Å². The van der Waals surface area contributed by atoms with Crippen molar-refractivity contribution in [2.24, 2.45) is 0 Å². The van der Waals surface area contributed by atoms with Crippen molar-refractivity contribution in [3.63, 3.8) is 0 Å². The van der Waals surface area contributed by atoms with Crippen LogP contribution in [-0.2, 0) is 43.2 Å². The van der Waals surface area contributed by atoms with E-state index in [-0.39, 0.29) is 203 Å². The maximum Gasteiger partial charge on any atom is 1.00 e. The van der Waals surface area contributed by atoms with Gasteiger partial charge in [-0.2, -0.15) is 0 Å². The average molecular weight is 1550 g/mol. The molecule has 0 rings (SSSR count). The van der Waals surface area contributed by atoms with Crippen molar-refractivity contribution >= 4 is 53.2 Å². The molecule has 0 aliphatic heterocycles. The van der Waals surface area contributed by atoms with E-state index in [9.17, 15) is 110 Å². The van der Waals surface area contributed by atoms with E-state index in [2.05, 4.69) is 31.0 Å². The molecule has 1 unspecified atom stereocenters. The molecule has 0 saturated carbocycles. The summed E-state index contributed by atoms with van der Waals surface area (Å²) in [5, 5.41) is 136. The predicted molar refractivity (Wildman–Crippen MR) is 393 cm³/mol. The van der Waals surface area contributed by atoms with Crippen LogP contribution in [-0.4, -0.2) is 168 Å². The van der Waals surface area contributed by atoms with Crippen LogP contribution in [0.4, 0.5) is 0 Å². The van der Waals surface area contributed by atoms with Crippen LogP contribution >= 0.6 is 0 Å². The Morgan fingerprint density at radius 1 is 0.315 bits per heavy atom. The fourth-order valence-electron chi connectivity index (χ4n) is 7.01. The molecular formula is C79H121N3Na3O23+. The van der Waals surface area contributed by atoms with Crippen molar-refractivity contribution in [2.75, 3.05) is 19.6 Å². The van der Waals surface area contributed by atoms with E-state index >= 15 is 0 Å². The second kappa shape index (κ2) is 93.6. The van der Waals surface area contributed by atoms with Gasteiger partial charge in [-0.25, -0.2) is 0 Å². The molecule has 0 radical (unpaired) electrons. The van der Waals surface area contributed by atoms with E-state index in [1.54, 1.807) is 122 Å². The number of carboxylic acid groups (broad SMARTS) is 6. The molecule has 0 aliphatic rings. The van der Waals surface area contributed by atoms with Gasteiger partial charge >= 0.3 is 94.6 Å². The summed E-state index contributed by atoms with van der Waals surface area (Å²) in [6, 6.07) is 0. The number of Topliss-reactive ketones (excluding diaryl/α,β-unsaturated/α-hetero) is 3. The maximum absolute atomic E-state index is 10.4. The molecule has 0 amide bonds. The minimum absolute atomic E-state index is 0. The molecule has 0 saturated heterocycles. The number of aliphatic carboxylic acids is 6. The molecular weight excluding hydrogens is 1430 g/mol. The van der Waals surface area contributed by atoms with Crippen molar-refractivity contribution in [1.82, 2.24) is 0 Å². The van der Waals surface area contributed by atoms with Crippen LogP contribution in [0, 0.1) is 0 Å². The Kier molecular flexibility index (Phi) is 104. The van der Waals surface area contributed by atoms with Crippen LogP contribution in [0.1, 0.15) is 175 Å². The van der Waals surface area contributed by atoms with Crippen LogP contribution < -0.4 is 131 Å². The number of carboxylic acids is 6. The van der Waals surface area contributed by atoms with Gasteiger partial charge in [-0.05, 0) is 109 Å². The predicted octanol–water partition coefficient (Wildman–Crippen LogP) is -8.59. The SMILES string of the molecule is CC/C=C\C[C@@H](O)/C=C/C=C\C=C\C=C\[C@@H](O)[C@@H](O)C/C=C\CCC(=O)[O-].CC/C=C\C[C@H](O)/C=C/C=C\C=C\C(O)C/C=C\C/C=C\CCC(=O)O.CCCCC[C@H](O)/C=C/C=C\C=C\C=C\[C@@H](O)[C@@H](O)CCCC(=O)[O-].[NH3+]CC(=O)CCC(=O)[O-].[NH3+]CC(=O)CCC(=O)[O-].[NH3+]CC(=O)CCC(=O)[O-].[Na+].[Na+].[Na+]. The van der Waals surface area contributed by atoms with Crippen molar-refractivity contribution in [3.05, 3.63) is 194 Å². The first-order chi connectivity index (χ1) is 50.0. The molecule has 0 aromatic carbocycles. The number of carbonyl (C=O) groups is 9. The standard InChI is InChI=1S/C22H32O5.C22H32O4.C20H32O5.3C5H9NO3.3Na/c1-2-3-9-14-19(23)15-10-6-4-5-7-11-16-20(24)21(25)17-12-8-13-18-22(26)27;1-2-3-10-15-20(23)17-12-8-9-13-18-21(24)16-11-6-4-5-7-14-19-22(25)26;1-2-3-8-12-17(21)13-9-6-4-5-7-10-14-18(22)19(23)15-11-16-20(24)25;3*6-3-4(7)1-2-5(8)9;;;/h3-12,15-16,19-21,23-25H,2,13-14,17-18H2,1H3,(H,26,27);3,5-13,17-18,20-21,23-24H,2,4,14-16,19H2,1H3,(H,25,26);4-7,9-10,13-14,17-19,21-23H,2-3,8,11-12,15-16H2,1H3,(H,24,25);3*1-3,6H2,(H,8,9);;;/q;;;;;;3*+1/p-2/b6-4-,7-5+,9-3-,12-8-,15-10+,16-11+;7-5-,9-8-,10-3-,11-6-,17-12+,18-13+;6-4-,7-5+,13-9+,14-10+;;;;;;/t19-,20-,21+;20-,21?;17-,18+,19-;;;;;;/m100....../s1. The Morgan fingerprint density at radius 3 is 0.963 bits per heavy atom. The number of ketones is 3. The first-order valence-electron chi connectivity index (χ1n) is 35.2. The van der Waals surface area contributed by atoms with E-state index in [0.29, 0.717) is 32.1 Å². The quantitative estimate of drug-likeness (QED) is 0.0116. The average Bonchev–Trinajstić information content (AvgIpc) is 1.00. The summed E-state index contributed by atoms with van der Waals surface area (Å²) in [7, 11) is 0. The Morgan fingerprint density at radius 2 is 0.620 bits per heavy atom. The van der Waals surface area contributed by atoms with E-state index in [4.69, 9.17) is 5.11 Å². The molecule has 0 bridgehead atoms. The Hall–Kier alpha value is -5.77. The molecule has 108 heavy (non-hydrogen) atoms. The molecule has 0 aromatic heterocycles. The number of hydrogen-bond acceptors (Lipinski definition) is 22. The van der Waals surface area contributed by atoms with Gasteiger partial charge < -0.3 is 113 Å². The zero-order valence-corrected chi connectivity index (χ0v) is 70.5. The van der Waals surface area contributed by atoms with Gasteiger partial charge in [0.25, 0.3) is 0 Å². The fourth-order valence-corrected chi connectivity index (χ4v) is 7.01. The molecule has 0 heterocycles. The minimum Gasteiger partial charge on any atom is -0.550 e. The zero-order chi connectivity index (χ0) is 80.5. The summed E-state index contributed by atoms with van der Waals surface area (Å²) >= 11 is 0. The molecule has 18 N–H and O–H groups in total. The molecule has 0 fully saturated rings. The summed E-state index contributed by atoms with van der Waals surface area (Å²) in [6.45, 7) is 6.71. The third-order valence-electron chi connectivity index (χ3n) is 13.0. The van der Waals surface area contributed by atoms with E-state index in [0.717, 1.165) is 44.9 Å². The normalized spacial score (nSPS) is 13.9. The zero-order valence-electron chi connectivity index (χ0n) is 64.5. The molecule has 26 nitrogen and oxygen atoms in total. The van der Waals surface area contributed by atoms with Gasteiger partial charge in [0.15, 0.2) is 17.3 Å². The van der Waals surface area contributed by atoms with Crippen LogP contribution in [0.2, 0.25) is 0 Å². The first kappa shape index (κ1) is 121. The number of quaternary nitrogens is 3. The summed E-state index contributed by atoms with van der Waals surface area (Å²) in [6.07, 6.45) is 60.6. The third-order valence-corrected chi connectivity index (χ3v) is 13.0. The summed E-state index contributed by atoms with van der Waals surface area (Å²) < 4.78 is 0. The summed E-state index contributed by atoms with van der Waals surface area (Å²) in [5.41, 5.74) is 9.90. The molecule has 8 atom stereocenters. The number of allylic oxidation sites excluding steroid dienone is 22. The number of unbranched alkanes of at least 4 members (excludes halogenated alkanes) is 2. The molecule has 29 heteroatoms. The van der Waals surface area contributed by atoms with Crippen molar-refractivity contribution in [2.45, 2.75) is 224 Å². The second-order valence-corrected chi connectivity index (χ2v) is 22.6. The van der Waals surface area contributed by atoms with Crippen molar-refractivity contribution in [3.8, 4) is 0 Å². The van der Waals surface area contributed by atoms with Gasteiger partial charge in [-0.3, -0.25) is 19.2 Å². The number of hydrogen-bond donors (Lipinski definition) is 12. The Labute approximate surface area is 705 Å².